The summed E-state index contributed by atoms with van der Waals surface area (Å²) in [6, 6.07) is 11.4. The molecule has 1 fully saturated rings. The van der Waals surface area contributed by atoms with E-state index in [1.807, 2.05) is 0 Å². The van der Waals surface area contributed by atoms with Crippen LogP contribution in [0.15, 0.2) is 53.4 Å². The van der Waals surface area contributed by atoms with Gasteiger partial charge in [0.15, 0.2) is 0 Å². The summed E-state index contributed by atoms with van der Waals surface area (Å²) in [7, 11) is -3.53. The van der Waals surface area contributed by atoms with Gasteiger partial charge in [-0.15, -0.1) is 0 Å². The average Bonchev–Trinajstić information content (AvgIpc) is 3.22. The Morgan fingerprint density at radius 2 is 1.78 bits per heavy atom. The van der Waals surface area contributed by atoms with Crippen molar-refractivity contribution in [2.75, 3.05) is 13.1 Å². The molecule has 2 aromatic carbocycles. The van der Waals surface area contributed by atoms with Gasteiger partial charge in [0.25, 0.3) is 5.69 Å². The van der Waals surface area contributed by atoms with Crippen molar-refractivity contribution in [1.82, 2.24) is 4.31 Å². The number of hydrogen-bond donors (Lipinski definition) is 0. The van der Waals surface area contributed by atoms with Crippen LogP contribution in [0.5, 0.6) is 0 Å². The van der Waals surface area contributed by atoms with Gasteiger partial charge < -0.3 is 4.74 Å². The summed E-state index contributed by atoms with van der Waals surface area (Å²) >= 11 is 0. The molecule has 1 heterocycles. The predicted molar refractivity (Wildman–Crippen MR) is 96.7 cm³/mol. The third-order valence-electron chi connectivity index (χ3n) is 4.28. The molecule has 2 aromatic rings. The van der Waals surface area contributed by atoms with Crippen molar-refractivity contribution in [2.45, 2.75) is 24.3 Å². The van der Waals surface area contributed by atoms with Crippen molar-refractivity contribution in [2.24, 2.45) is 0 Å². The van der Waals surface area contributed by atoms with Gasteiger partial charge in [0.05, 0.1) is 15.4 Å². The fourth-order valence-corrected chi connectivity index (χ4v) is 4.35. The number of ether oxygens (including phenoxy) is 1. The lowest BCUT2D eigenvalue weighted by atomic mass is 10.2. The van der Waals surface area contributed by atoms with Crippen molar-refractivity contribution in [3.05, 3.63) is 69.8 Å². The summed E-state index contributed by atoms with van der Waals surface area (Å²) in [5, 5.41) is 10.8. The number of hydrogen-bond acceptors (Lipinski definition) is 6. The zero-order valence-electron chi connectivity index (χ0n) is 14.4. The minimum atomic E-state index is -3.53. The Labute approximate surface area is 156 Å². The molecule has 0 N–H and O–H groups in total. The fourth-order valence-electron chi connectivity index (χ4n) is 2.83. The highest BCUT2D eigenvalue weighted by Crippen LogP contribution is 2.21. The molecular formula is C18H18N2O6S. The maximum Gasteiger partial charge on any atom is 0.338 e. The highest BCUT2D eigenvalue weighted by molar-refractivity contribution is 7.89. The normalized spacial score (nSPS) is 14.8. The molecule has 8 nitrogen and oxygen atoms in total. The van der Waals surface area contributed by atoms with Crippen LogP contribution in [-0.2, 0) is 21.4 Å². The minimum Gasteiger partial charge on any atom is -0.457 e. The first-order chi connectivity index (χ1) is 12.9. The standard InChI is InChI=1S/C18H18N2O6S/c21-18(26-13-14-4-3-5-16(12-14)20(22)23)15-6-8-17(9-7-15)27(24,25)19-10-1-2-11-19/h3-9,12H,1-2,10-11,13H2. The van der Waals surface area contributed by atoms with Crippen LogP contribution in [0.4, 0.5) is 5.69 Å². The van der Waals surface area contributed by atoms with E-state index in [0.29, 0.717) is 18.7 Å². The maximum absolute atomic E-state index is 12.5. The quantitative estimate of drug-likeness (QED) is 0.426. The Bertz CT molecular complexity index is 950. The third kappa shape index (κ3) is 4.32. The second-order valence-corrected chi connectivity index (χ2v) is 8.08. The number of rotatable bonds is 6. The highest BCUT2D eigenvalue weighted by Gasteiger charge is 2.27. The molecule has 3 rings (SSSR count). The Balaban J connectivity index is 1.65. The Kier molecular flexibility index (Phi) is 5.52. The smallest absolute Gasteiger partial charge is 0.338 e. The summed E-state index contributed by atoms with van der Waals surface area (Å²) in [5.41, 5.74) is 0.617. The number of carbonyl (C=O) groups is 1. The second kappa shape index (κ2) is 7.85. The number of nitrogens with zero attached hydrogens (tertiary/aromatic N) is 2. The van der Waals surface area contributed by atoms with Crippen LogP contribution in [0.2, 0.25) is 0 Å². The molecule has 27 heavy (non-hydrogen) atoms. The van der Waals surface area contributed by atoms with E-state index in [2.05, 4.69) is 0 Å². The number of sulfonamides is 1. The molecule has 142 valence electrons. The van der Waals surface area contributed by atoms with Crippen LogP contribution in [0.3, 0.4) is 0 Å². The second-order valence-electron chi connectivity index (χ2n) is 6.14. The lowest BCUT2D eigenvalue weighted by Gasteiger charge is -2.15. The van der Waals surface area contributed by atoms with Gasteiger partial charge in [-0.25, -0.2) is 13.2 Å². The molecule has 0 saturated carbocycles. The Morgan fingerprint density at radius 3 is 2.41 bits per heavy atom. The van der Waals surface area contributed by atoms with Crippen LogP contribution >= 0.6 is 0 Å². The molecule has 0 atom stereocenters. The number of nitro groups is 1. The molecule has 9 heteroatoms. The number of nitro benzene ring substituents is 1. The zero-order valence-corrected chi connectivity index (χ0v) is 15.2. The van der Waals surface area contributed by atoms with Gasteiger partial charge >= 0.3 is 5.97 Å². The van der Waals surface area contributed by atoms with Crippen molar-refractivity contribution < 1.29 is 22.9 Å². The van der Waals surface area contributed by atoms with Crippen LogP contribution in [-0.4, -0.2) is 36.7 Å². The zero-order chi connectivity index (χ0) is 19.4. The molecule has 0 amide bonds. The van der Waals surface area contributed by atoms with Crippen LogP contribution in [0, 0.1) is 10.1 Å². The van der Waals surface area contributed by atoms with Gasteiger partial charge in [0, 0.05) is 25.2 Å². The number of carbonyl (C=O) groups excluding carboxylic acids is 1. The monoisotopic (exact) mass is 390 g/mol. The summed E-state index contributed by atoms with van der Waals surface area (Å²) < 4.78 is 31.5. The fraction of sp³-hybridized carbons (Fsp3) is 0.278. The van der Waals surface area contributed by atoms with Crippen molar-refractivity contribution in [3.8, 4) is 0 Å². The summed E-state index contributed by atoms with van der Waals surface area (Å²) in [6.07, 6.45) is 1.70. The lowest BCUT2D eigenvalue weighted by Crippen LogP contribution is -2.27. The van der Waals surface area contributed by atoms with Crippen molar-refractivity contribution in [1.29, 1.82) is 0 Å². The first-order valence-corrected chi connectivity index (χ1v) is 9.82. The van der Waals surface area contributed by atoms with Gasteiger partial charge in [-0.1, -0.05) is 12.1 Å². The van der Waals surface area contributed by atoms with E-state index in [1.165, 1.54) is 46.8 Å². The number of esters is 1. The van der Waals surface area contributed by atoms with Gasteiger partial charge in [0.1, 0.15) is 6.61 Å². The molecule has 1 aliphatic rings. The molecule has 1 aliphatic heterocycles. The van der Waals surface area contributed by atoms with Crippen LogP contribution in [0.25, 0.3) is 0 Å². The molecule has 0 aromatic heterocycles. The van der Waals surface area contributed by atoms with Gasteiger partial charge in [-0.05, 0) is 42.7 Å². The average molecular weight is 390 g/mol. The molecule has 0 bridgehead atoms. The SMILES string of the molecule is O=C(OCc1cccc([N+](=O)[O-])c1)c1ccc(S(=O)(=O)N2CCCC2)cc1. The number of benzene rings is 2. The highest BCUT2D eigenvalue weighted by atomic mass is 32.2. The van der Waals surface area contributed by atoms with E-state index in [1.54, 1.807) is 6.07 Å². The topological polar surface area (TPSA) is 107 Å². The van der Waals surface area contributed by atoms with Crippen LogP contribution in [0.1, 0.15) is 28.8 Å². The lowest BCUT2D eigenvalue weighted by molar-refractivity contribution is -0.384. The van der Waals surface area contributed by atoms with E-state index in [4.69, 9.17) is 4.74 Å². The predicted octanol–water partition coefficient (Wildman–Crippen LogP) is 2.74. The van der Waals surface area contributed by atoms with Gasteiger partial charge in [0.2, 0.25) is 10.0 Å². The molecule has 0 aliphatic carbocycles. The molecular weight excluding hydrogens is 372 g/mol. The van der Waals surface area contributed by atoms with E-state index in [9.17, 15) is 23.3 Å². The van der Waals surface area contributed by atoms with E-state index in [0.717, 1.165) is 12.8 Å². The first kappa shape index (κ1) is 19.0. The molecule has 0 radical (unpaired) electrons. The van der Waals surface area contributed by atoms with E-state index in [-0.39, 0.29) is 22.8 Å². The van der Waals surface area contributed by atoms with Gasteiger partial charge in [-0.3, -0.25) is 10.1 Å². The summed E-state index contributed by atoms with van der Waals surface area (Å²) in [4.78, 5) is 22.5. The van der Waals surface area contributed by atoms with Crippen molar-refractivity contribution in [3.63, 3.8) is 0 Å². The molecule has 0 spiro atoms. The molecule has 0 unspecified atom stereocenters. The maximum atomic E-state index is 12.5. The van der Waals surface area contributed by atoms with E-state index < -0.39 is 20.9 Å². The van der Waals surface area contributed by atoms with Crippen LogP contribution < -0.4 is 0 Å². The van der Waals surface area contributed by atoms with Gasteiger partial charge in [-0.2, -0.15) is 4.31 Å². The third-order valence-corrected chi connectivity index (χ3v) is 6.20. The van der Waals surface area contributed by atoms with Crippen molar-refractivity contribution >= 4 is 21.7 Å². The Morgan fingerprint density at radius 1 is 1.11 bits per heavy atom. The largest absolute Gasteiger partial charge is 0.457 e. The summed E-state index contributed by atoms with van der Waals surface area (Å²) in [5.74, 6) is -0.633. The van der Waals surface area contributed by atoms with E-state index >= 15 is 0 Å². The minimum absolute atomic E-state index is 0.0833. The molecule has 1 saturated heterocycles. The summed E-state index contributed by atoms with van der Waals surface area (Å²) in [6.45, 7) is 0.902. The number of non-ortho nitro benzene ring substituents is 1. The first-order valence-electron chi connectivity index (χ1n) is 8.38. The Hall–Kier alpha value is -2.78.